The first-order valence-electron chi connectivity index (χ1n) is 7.81. The Labute approximate surface area is 149 Å². The van der Waals surface area contributed by atoms with E-state index in [9.17, 15) is 13.2 Å². The van der Waals surface area contributed by atoms with Crippen molar-refractivity contribution in [2.45, 2.75) is 25.9 Å². The first-order valence-corrected chi connectivity index (χ1v) is 8.19. The van der Waals surface area contributed by atoms with Gasteiger partial charge in [-0.2, -0.15) is 13.2 Å². The summed E-state index contributed by atoms with van der Waals surface area (Å²) in [5.74, 6) is 0.280. The second kappa shape index (κ2) is 11.0. The minimum absolute atomic E-state index is 0.0410. The standard InChI is InChI=1S/C15H22ClF3N4O2/c1-2-24-7-3-5-21-14(20)22-6-4-8-25-13-12(16)9-11(10-23-13)15(17,18)19/h9-10H,2-8H2,1H3,(H3,20,21,22). The van der Waals surface area contributed by atoms with Crippen LogP contribution in [-0.2, 0) is 10.9 Å². The molecule has 1 heterocycles. The van der Waals surface area contributed by atoms with Crippen molar-refractivity contribution in [2.75, 3.05) is 32.9 Å². The lowest BCUT2D eigenvalue weighted by atomic mass is 10.3. The van der Waals surface area contributed by atoms with Gasteiger partial charge in [0.05, 0.1) is 12.2 Å². The Hall–Kier alpha value is -1.74. The Kier molecular flexibility index (Phi) is 9.36. The van der Waals surface area contributed by atoms with Gasteiger partial charge in [-0.15, -0.1) is 0 Å². The van der Waals surface area contributed by atoms with E-state index in [0.717, 1.165) is 12.5 Å². The van der Waals surface area contributed by atoms with Crippen LogP contribution < -0.4 is 15.8 Å². The number of aromatic nitrogens is 1. The van der Waals surface area contributed by atoms with E-state index in [1.54, 1.807) is 0 Å². The van der Waals surface area contributed by atoms with Crippen molar-refractivity contribution in [1.29, 1.82) is 0 Å². The molecule has 0 atom stereocenters. The van der Waals surface area contributed by atoms with E-state index < -0.39 is 11.7 Å². The van der Waals surface area contributed by atoms with Gasteiger partial charge in [-0.05, 0) is 19.4 Å². The number of ether oxygens (including phenoxy) is 2. The lowest BCUT2D eigenvalue weighted by Crippen LogP contribution is -2.33. The molecule has 1 aromatic heterocycles. The van der Waals surface area contributed by atoms with Crippen molar-refractivity contribution < 1.29 is 22.6 Å². The van der Waals surface area contributed by atoms with Gasteiger partial charge in [0.25, 0.3) is 0 Å². The SMILES string of the molecule is CCOCCCNC(N)=NCCCOc1ncc(C(F)(F)F)cc1Cl. The number of nitrogens with two attached hydrogens (primary N) is 1. The summed E-state index contributed by atoms with van der Waals surface area (Å²) in [5.41, 5.74) is 4.76. The van der Waals surface area contributed by atoms with E-state index in [4.69, 9.17) is 26.8 Å². The number of pyridine rings is 1. The maximum absolute atomic E-state index is 12.5. The van der Waals surface area contributed by atoms with Crippen LogP contribution in [0.2, 0.25) is 5.02 Å². The summed E-state index contributed by atoms with van der Waals surface area (Å²) in [6.07, 6.45) is -2.47. The van der Waals surface area contributed by atoms with Crippen LogP contribution >= 0.6 is 11.6 Å². The van der Waals surface area contributed by atoms with Crippen molar-refractivity contribution in [2.24, 2.45) is 10.7 Å². The van der Waals surface area contributed by atoms with Crippen molar-refractivity contribution in [3.05, 3.63) is 22.8 Å². The molecule has 0 aliphatic rings. The average molecular weight is 383 g/mol. The monoisotopic (exact) mass is 382 g/mol. The van der Waals surface area contributed by atoms with Gasteiger partial charge >= 0.3 is 6.18 Å². The van der Waals surface area contributed by atoms with Gasteiger partial charge in [-0.1, -0.05) is 11.6 Å². The molecule has 0 spiro atoms. The Balaban J connectivity index is 2.26. The third-order valence-corrected chi connectivity index (χ3v) is 3.20. The molecule has 1 rings (SSSR count). The molecular formula is C15H22ClF3N4O2. The van der Waals surface area contributed by atoms with Crippen molar-refractivity contribution in [3.8, 4) is 5.88 Å². The molecule has 6 nitrogen and oxygen atoms in total. The molecule has 0 saturated heterocycles. The van der Waals surface area contributed by atoms with Crippen LogP contribution in [0.1, 0.15) is 25.3 Å². The average Bonchev–Trinajstić information content (AvgIpc) is 2.54. The summed E-state index contributed by atoms with van der Waals surface area (Å²) in [5, 5.41) is 2.76. The zero-order valence-electron chi connectivity index (χ0n) is 13.9. The highest BCUT2D eigenvalue weighted by molar-refractivity contribution is 6.31. The number of aliphatic imine (C=N–C) groups is 1. The van der Waals surface area contributed by atoms with Crippen LogP contribution in [0.4, 0.5) is 13.2 Å². The highest BCUT2D eigenvalue weighted by atomic mass is 35.5. The fourth-order valence-electron chi connectivity index (χ4n) is 1.71. The lowest BCUT2D eigenvalue weighted by molar-refractivity contribution is -0.137. The Morgan fingerprint density at radius 1 is 1.36 bits per heavy atom. The Morgan fingerprint density at radius 3 is 2.76 bits per heavy atom. The molecule has 0 aliphatic carbocycles. The van der Waals surface area contributed by atoms with Gasteiger partial charge in [0.15, 0.2) is 5.96 Å². The zero-order chi connectivity index (χ0) is 18.7. The smallest absolute Gasteiger partial charge is 0.417 e. The molecule has 0 amide bonds. The molecule has 0 aromatic carbocycles. The van der Waals surface area contributed by atoms with Gasteiger partial charge in [0.2, 0.25) is 5.88 Å². The van der Waals surface area contributed by atoms with Crippen LogP contribution in [0.3, 0.4) is 0 Å². The van der Waals surface area contributed by atoms with Gasteiger partial charge in [-0.3, -0.25) is 4.99 Å². The normalized spacial score (nSPS) is 12.3. The summed E-state index contributed by atoms with van der Waals surface area (Å²) >= 11 is 5.74. The largest absolute Gasteiger partial charge is 0.477 e. The second-order valence-electron chi connectivity index (χ2n) is 4.95. The van der Waals surface area contributed by atoms with Crippen molar-refractivity contribution in [1.82, 2.24) is 10.3 Å². The molecule has 0 aliphatic heterocycles. The molecule has 0 fully saturated rings. The van der Waals surface area contributed by atoms with Crippen LogP contribution in [0, 0.1) is 0 Å². The first kappa shape index (κ1) is 21.3. The van der Waals surface area contributed by atoms with Crippen molar-refractivity contribution in [3.63, 3.8) is 0 Å². The predicted molar refractivity (Wildman–Crippen MR) is 90.0 cm³/mol. The summed E-state index contributed by atoms with van der Waals surface area (Å²) in [7, 11) is 0. The highest BCUT2D eigenvalue weighted by Crippen LogP contribution is 2.33. The Morgan fingerprint density at radius 2 is 2.12 bits per heavy atom. The summed E-state index contributed by atoms with van der Waals surface area (Å²) in [4.78, 5) is 7.69. The maximum atomic E-state index is 12.5. The highest BCUT2D eigenvalue weighted by Gasteiger charge is 2.31. The first-order chi connectivity index (χ1) is 11.8. The Bertz CT molecular complexity index is 556. The molecule has 0 radical (unpaired) electrons. The molecule has 1 aromatic rings. The molecule has 10 heteroatoms. The molecule has 142 valence electrons. The topological polar surface area (TPSA) is 81.8 Å². The quantitative estimate of drug-likeness (QED) is 0.369. The maximum Gasteiger partial charge on any atom is 0.417 e. The third-order valence-electron chi connectivity index (χ3n) is 2.93. The van der Waals surface area contributed by atoms with E-state index in [-0.39, 0.29) is 17.5 Å². The van der Waals surface area contributed by atoms with Gasteiger partial charge in [0, 0.05) is 38.9 Å². The number of guanidine groups is 1. The van der Waals surface area contributed by atoms with E-state index >= 15 is 0 Å². The van der Waals surface area contributed by atoms with Crippen molar-refractivity contribution >= 4 is 17.6 Å². The number of nitrogens with zero attached hydrogens (tertiary/aromatic N) is 2. The lowest BCUT2D eigenvalue weighted by Gasteiger charge is -2.10. The van der Waals surface area contributed by atoms with Gasteiger partial charge in [0.1, 0.15) is 5.02 Å². The molecule has 0 unspecified atom stereocenters. The molecular weight excluding hydrogens is 361 g/mol. The van der Waals surface area contributed by atoms with E-state index in [2.05, 4.69) is 15.3 Å². The minimum atomic E-state index is -4.49. The number of hydrogen-bond donors (Lipinski definition) is 2. The van der Waals surface area contributed by atoms with E-state index in [1.807, 2.05) is 6.92 Å². The number of halogens is 4. The van der Waals surface area contributed by atoms with E-state index in [0.29, 0.717) is 44.9 Å². The molecule has 3 N–H and O–H groups in total. The van der Waals surface area contributed by atoms with Gasteiger partial charge in [-0.25, -0.2) is 4.98 Å². The van der Waals surface area contributed by atoms with E-state index in [1.165, 1.54) is 0 Å². The number of rotatable bonds is 10. The number of hydrogen-bond acceptors (Lipinski definition) is 4. The zero-order valence-corrected chi connectivity index (χ0v) is 14.7. The number of nitrogens with one attached hydrogen (secondary N) is 1. The van der Waals surface area contributed by atoms with Crippen LogP contribution in [0.25, 0.3) is 0 Å². The number of alkyl halides is 3. The summed E-state index contributed by atoms with van der Waals surface area (Å²) in [6, 6.07) is 0.784. The summed E-state index contributed by atoms with van der Waals surface area (Å²) < 4.78 is 47.9. The second-order valence-corrected chi connectivity index (χ2v) is 5.36. The summed E-state index contributed by atoms with van der Waals surface area (Å²) in [6.45, 7) is 4.55. The van der Waals surface area contributed by atoms with Crippen LogP contribution in [0.5, 0.6) is 5.88 Å². The molecule has 25 heavy (non-hydrogen) atoms. The van der Waals surface area contributed by atoms with Gasteiger partial charge < -0.3 is 20.5 Å². The fraction of sp³-hybridized carbons (Fsp3) is 0.600. The van der Waals surface area contributed by atoms with Crippen LogP contribution in [0.15, 0.2) is 17.3 Å². The minimum Gasteiger partial charge on any atom is -0.477 e. The predicted octanol–water partition coefficient (Wildman–Crippen LogP) is 2.85. The molecule has 0 bridgehead atoms. The third kappa shape index (κ3) is 8.78. The fourth-order valence-corrected chi connectivity index (χ4v) is 1.93. The molecule has 0 saturated carbocycles. The van der Waals surface area contributed by atoms with Crippen LogP contribution in [-0.4, -0.2) is 43.9 Å².